The Morgan fingerprint density at radius 3 is 2.58 bits per heavy atom. The van der Waals surface area contributed by atoms with Gasteiger partial charge in [-0.2, -0.15) is 0 Å². The minimum absolute atomic E-state index is 0.401. The number of alkyl carbamates (subject to hydrolysis) is 1. The topological polar surface area (TPSA) is 103 Å². The number of rotatable bonds is 7. The van der Waals surface area contributed by atoms with Gasteiger partial charge in [-0.05, 0) is 45.7 Å². The molecule has 0 unspecified atom stereocenters. The van der Waals surface area contributed by atoms with Gasteiger partial charge in [0.15, 0.2) is 11.5 Å². The summed E-state index contributed by atoms with van der Waals surface area (Å²) >= 11 is 0. The van der Waals surface area contributed by atoms with E-state index in [4.69, 9.17) is 20.8 Å². The van der Waals surface area contributed by atoms with E-state index >= 15 is 0 Å². The molecule has 1 aromatic carbocycles. The van der Waals surface area contributed by atoms with Crippen LogP contribution in [0.4, 0.5) is 16.3 Å². The molecule has 10 heteroatoms. The van der Waals surface area contributed by atoms with Gasteiger partial charge in [0.25, 0.3) is 0 Å². The van der Waals surface area contributed by atoms with Gasteiger partial charge in [-0.1, -0.05) is 12.1 Å². The maximum absolute atomic E-state index is 11.8. The molecule has 0 atom stereocenters. The van der Waals surface area contributed by atoms with E-state index in [9.17, 15) is 4.79 Å². The molecule has 2 aromatic heterocycles. The maximum atomic E-state index is 11.8. The number of ether oxygens (including phenoxy) is 3. The summed E-state index contributed by atoms with van der Waals surface area (Å²) in [5.74, 6) is 2.40. The van der Waals surface area contributed by atoms with Crippen molar-refractivity contribution in [2.75, 3.05) is 37.7 Å². The van der Waals surface area contributed by atoms with Crippen LogP contribution in [0.1, 0.15) is 32.0 Å². The lowest BCUT2D eigenvalue weighted by molar-refractivity contribution is 0.0528. The molecule has 4 rings (SSSR count). The second kappa shape index (κ2) is 11.9. The van der Waals surface area contributed by atoms with Gasteiger partial charge in [-0.25, -0.2) is 24.6 Å². The molecular weight excluding hydrogens is 484 g/mol. The number of aromatic nitrogens is 3. The van der Waals surface area contributed by atoms with Crippen LogP contribution in [-0.2, 0) is 15.9 Å². The van der Waals surface area contributed by atoms with E-state index in [0.29, 0.717) is 54.8 Å². The van der Waals surface area contributed by atoms with Crippen molar-refractivity contribution in [3.05, 3.63) is 65.4 Å². The van der Waals surface area contributed by atoms with Gasteiger partial charge in [0, 0.05) is 49.9 Å². The minimum atomic E-state index is -0.545. The summed E-state index contributed by atoms with van der Waals surface area (Å²) in [6, 6.07) is 8.95. The number of anilines is 1. The number of morpholine rings is 1. The van der Waals surface area contributed by atoms with Gasteiger partial charge in [0.2, 0.25) is 0 Å². The molecule has 0 spiro atoms. The number of hydrogen-bond acceptors (Lipinski definition) is 8. The fourth-order valence-corrected chi connectivity index (χ4v) is 3.86. The third kappa shape index (κ3) is 7.40. The molecule has 10 nitrogen and oxygen atoms in total. The number of aryl methyl sites for hydroxylation is 1. The lowest BCUT2D eigenvalue weighted by atomic mass is 10.1. The van der Waals surface area contributed by atoms with E-state index in [-0.39, 0.29) is 0 Å². The van der Waals surface area contributed by atoms with Gasteiger partial charge in [0.1, 0.15) is 22.9 Å². The van der Waals surface area contributed by atoms with Gasteiger partial charge in [-0.3, -0.25) is 0 Å². The van der Waals surface area contributed by atoms with E-state index < -0.39 is 11.7 Å². The van der Waals surface area contributed by atoms with Crippen LogP contribution in [-0.4, -0.2) is 59.5 Å². The van der Waals surface area contributed by atoms with Crippen LogP contribution in [0.5, 0.6) is 11.5 Å². The average Bonchev–Trinajstić information content (AvgIpc) is 2.88. The van der Waals surface area contributed by atoms with Crippen LogP contribution in [0.2, 0.25) is 0 Å². The summed E-state index contributed by atoms with van der Waals surface area (Å²) in [6.45, 7) is 18.1. The van der Waals surface area contributed by atoms with Crippen molar-refractivity contribution < 1.29 is 19.0 Å². The number of amides is 1. The van der Waals surface area contributed by atoms with Crippen LogP contribution in [0.3, 0.4) is 0 Å². The molecule has 198 valence electrons. The molecule has 0 radical (unpaired) electrons. The Morgan fingerprint density at radius 2 is 1.89 bits per heavy atom. The first-order chi connectivity index (χ1) is 18.2. The molecule has 1 N–H and O–H groups in total. The summed E-state index contributed by atoms with van der Waals surface area (Å²) in [6.07, 6.45) is 3.54. The van der Waals surface area contributed by atoms with Crippen LogP contribution >= 0.6 is 0 Å². The average molecular weight is 517 g/mol. The minimum Gasteiger partial charge on any atom is -0.458 e. The van der Waals surface area contributed by atoms with Crippen molar-refractivity contribution in [1.29, 1.82) is 0 Å². The monoisotopic (exact) mass is 516 g/mol. The molecule has 1 amide bonds. The number of carbonyl (C=O) groups excluding carboxylic acids is 1. The summed E-state index contributed by atoms with van der Waals surface area (Å²) in [7, 11) is 0. The smallest absolute Gasteiger partial charge is 0.407 e. The van der Waals surface area contributed by atoms with E-state index in [1.54, 1.807) is 30.6 Å². The fourth-order valence-electron chi connectivity index (χ4n) is 3.86. The fraction of sp³-hybridized carbons (Fsp3) is 0.393. The maximum Gasteiger partial charge on any atom is 0.407 e. The van der Waals surface area contributed by atoms with Gasteiger partial charge in [-0.15, -0.1) is 0 Å². The highest BCUT2D eigenvalue weighted by Crippen LogP contribution is 2.36. The first-order valence-corrected chi connectivity index (χ1v) is 12.5. The molecule has 0 saturated carbocycles. The molecule has 1 aliphatic rings. The zero-order chi connectivity index (χ0) is 27.1. The summed E-state index contributed by atoms with van der Waals surface area (Å²) in [4.78, 5) is 31.3. The molecule has 3 heterocycles. The SMILES string of the molecule is [C-]#[N+]c1ccc(-c2ncc(CCNC(=O)OC(C)(C)C)cn2)c(Oc2cc(C)nc(N3CCOCC3)c2)c1. The van der Waals surface area contributed by atoms with Crippen LogP contribution in [0, 0.1) is 13.5 Å². The molecule has 3 aromatic rings. The van der Waals surface area contributed by atoms with Crippen LogP contribution in [0.15, 0.2) is 42.7 Å². The Morgan fingerprint density at radius 1 is 1.16 bits per heavy atom. The summed E-state index contributed by atoms with van der Waals surface area (Å²) < 4.78 is 17.0. The van der Waals surface area contributed by atoms with Crippen molar-refractivity contribution in [2.45, 2.75) is 39.7 Å². The lowest BCUT2D eigenvalue weighted by Crippen LogP contribution is -2.36. The van der Waals surface area contributed by atoms with E-state index in [1.807, 2.05) is 39.8 Å². The third-order valence-electron chi connectivity index (χ3n) is 5.60. The second-order valence-electron chi connectivity index (χ2n) is 9.89. The molecule has 38 heavy (non-hydrogen) atoms. The highest BCUT2D eigenvalue weighted by Gasteiger charge is 2.17. The zero-order valence-electron chi connectivity index (χ0n) is 22.2. The molecular formula is C28H32N6O4. The van der Waals surface area contributed by atoms with Gasteiger partial charge in [0.05, 0.1) is 25.3 Å². The predicted molar refractivity (Wildman–Crippen MR) is 144 cm³/mol. The quantitative estimate of drug-likeness (QED) is 0.433. The van der Waals surface area contributed by atoms with E-state index in [1.165, 1.54) is 0 Å². The Kier molecular flexibility index (Phi) is 8.38. The Balaban J connectivity index is 1.50. The van der Waals surface area contributed by atoms with Crippen molar-refractivity contribution >= 4 is 17.6 Å². The Bertz CT molecular complexity index is 1310. The summed E-state index contributed by atoms with van der Waals surface area (Å²) in [5, 5.41) is 2.74. The number of benzene rings is 1. The number of pyridine rings is 1. The molecule has 0 aliphatic carbocycles. The van der Waals surface area contributed by atoms with Gasteiger partial charge < -0.3 is 24.4 Å². The molecule has 0 bridgehead atoms. The van der Waals surface area contributed by atoms with Crippen molar-refractivity contribution in [1.82, 2.24) is 20.3 Å². The Hall–Kier alpha value is -4.23. The molecule has 1 aliphatic heterocycles. The van der Waals surface area contributed by atoms with Crippen molar-refractivity contribution in [3.8, 4) is 22.9 Å². The standard InChI is InChI=1S/C28H32N6O4/c1-19-14-22(16-25(33-19)34-10-12-36-13-11-34)37-24-15-21(29-5)6-7-23(24)26-31-17-20(18-32-26)8-9-30-27(35)38-28(2,3)4/h6-7,14-18H,8-13H2,1-4H3,(H,30,35). The van der Waals surface area contributed by atoms with Crippen molar-refractivity contribution in [2.24, 2.45) is 0 Å². The second-order valence-corrected chi connectivity index (χ2v) is 9.89. The first kappa shape index (κ1) is 26.8. The largest absolute Gasteiger partial charge is 0.458 e. The lowest BCUT2D eigenvalue weighted by Gasteiger charge is -2.28. The Labute approximate surface area is 222 Å². The highest BCUT2D eigenvalue weighted by atomic mass is 16.6. The van der Waals surface area contributed by atoms with E-state index in [0.717, 1.165) is 30.2 Å². The molecule has 1 saturated heterocycles. The molecule has 1 fully saturated rings. The number of hydrogen-bond donors (Lipinski definition) is 1. The predicted octanol–water partition coefficient (Wildman–Crippen LogP) is 5.09. The number of nitrogens with one attached hydrogen (secondary N) is 1. The highest BCUT2D eigenvalue weighted by molar-refractivity contribution is 5.70. The van der Waals surface area contributed by atoms with Crippen LogP contribution in [0.25, 0.3) is 16.2 Å². The summed E-state index contributed by atoms with van der Waals surface area (Å²) in [5.41, 5.74) is 2.26. The number of nitrogens with zero attached hydrogens (tertiary/aromatic N) is 5. The number of carbonyl (C=O) groups is 1. The normalized spacial score (nSPS) is 13.5. The van der Waals surface area contributed by atoms with Gasteiger partial charge >= 0.3 is 6.09 Å². The van der Waals surface area contributed by atoms with Crippen LogP contribution < -0.4 is 15.0 Å². The van der Waals surface area contributed by atoms with E-state index in [2.05, 4.69) is 30.0 Å². The zero-order valence-corrected chi connectivity index (χ0v) is 22.2. The first-order valence-electron chi connectivity index (χ1n) is 12.5. The van der Waals surface area contributed by atoms with Crippen molar-refractivity contribution in [3.63, 3.8) is 0 Å². The third-order valence-corrected chi connectivity index (χ3v) is 5.60.